The monoisotopic (exact) mass is 267 g/mol. The summed E-state index contributed by atoms with van der Waals surface area (Å²) in [5, 5.41) is 10.1. The van der Waals surface area contributed by atoms with Crippen molar-refractivity contribution in [3.63, 3.8) is 0 Å². The molecule has 0 spiro atoms. The Hall–Kier alpha value is -2.49. The Morgan fingerprint density at radius 1 is 1.15 bits per heavy atom. The quantitative estimate of drug-likeness (QED) is 0.818. The Labute approximate surface area is 118 Å². The summed E-state index contributed by atoms with van der Waals surface area (Å²) < 4.78 is 0. The first kappa shape index (κ1) is 13.9. The van der Waals surface area contributed by atoms with Crippen LogP contribution in [0.1, 0.15) is 22.3 Å². The van der Waals surface area contributed by atoms with Crippen LogP contribution in [0.25, 0.3) is 0 Å². The van der Waals surface area contributed by atoms with E-state index in [1.165, 1.54) is 18.0 Å². The van der Waals surface area contributed by atoms with E-state index in [4.69, 9.17) is 0 Å². The largest absolute Gasteiger partial charge is 0.348 e. The van der Waals surface area contributed by atoms with E-state index in [2.05, 4.69) is 34.2 Å². The summed E-state index contributed by atoms with van der Waals surface area (Å²) in [6.45, 7) is 4.47. The van der Waals surface area contributed by atoms with E-state index < -0.39 is 0 Å². The molecule has 1 aromatic heterocycles. The van der Waals surface area contributed by atoms with Crippen molar-refractivity contribution in [2.75, 3.05) is 6.54 Å². The Balaban J connectivity index is 1.74. The number of nitrogens with one attached hydrogen (secondary N) is 1. The van der Waals surface area contributed by atoms with Crippen LogP contribution in [0.2, 0.25) is 0 Å². The summed E-state index contributed by atoms with van der Waals surface area (Å²) in [6, 6.07) is 11.9. The second-order valence-electron chi connectivity index (χ2n) is 4.55. The van der Waals surface area contributed by atoms with E-state index >= 15 is 0 Å². The third-order valence-electron chi connectivity index (χ3n) is 2.96. The minimum Gasteiger partial charge on any atom is -0.348 e. The molecule has 0 radical (unpaired) electrons. The molecule has 0 unspecified atom stereocenters. The molecule has 0 aliphatic rings. The molecule has 4 nitrogen and oxygen atoms in total. The van der Waals surface area contributed by atoms with E-state index in [1.807, 2.05) is 18.2 Å². The third-order valence-corrected chi connectivity index (χ3v) is 2.96. The van der Waals surface area contributed by atoms with Crippen LogP contribution in [-0.2, 0) is 6.42 Å². The van der Waals surface area contributed by atoms with Crippen LogP contribution in [0, 0.1) is 0 Å². The Morgan fingerprint density at radius 3 is 2.65 bits per heavy atom. The van der Waals surface area contributed by atoms with Gasteiger partial charge in [0.1, 0.15) is 0 Å². The van der Waals surface area contributed by atoms with Gasteiger partial charge in [0.2, 0.25) is 0 Å². The van der Waals surface area contributed by atoms with Crippen LogP contribution < -0.4 is 5.32 Å². The zero-order chi connectivity index (χ0) is 14.2. The lowest BCUT2D eigenvalue weighted by molar-refractivity contribution is 0.0956. The van der Waals surface area contributed by atoms with Gasteiger partial charge in [-0.15, -0.1) is 0 Å². The predicted octanol–water partition coefficient (Wildman–Crippen LogP) is 2.40. The zero-order valence-electron chi connectivity index (χ0n) is 11.2. The molecule has 0 saturated carbocycles. The van der Waals surface area contributed by atoms with E-state index in [1.54, 1.807) is 6.07 Å². The minimum atomic E-state index is -0.152. The van der Waals surface area contributed by atoms with Crippen molar-refractivity contribution in [1.29, 1.82) is 0 Å². The van der Waals surface area contributed by atoms with Crippen molar-refractivity contribution in [3.05, 3.63) is 72.1 Å². The highest BCUT2D eigenvalue weighted by Crippen LogP contribution is 2.07. The number of hydrogen-bond donors (Lipinski definition) is 1. The Morgan fingerprint density at radius 2 is 1.95 bits per heavy atom. The SMILES string of the molecule is C=C(CCc1ccccc1)CNC(=O)c1ccnnc1. The van der Waals surface area contributed by atoms with Gasteiger partial charge in [-0.05, 0) is 24.5 Å². The van der Waals surface area contributed by atoms with Gasteiger partial charge in [0, 0.05) is 6.54 Å². The van der Waals surface area contributed by atoms with Crippen LogP contribution in [0.15, 0.2) is 60.9 Å². The fourth-order valence-electron chi connectivity index (χ4n) is 1.79. The van der Waals surface area contributed by atoms with E-state index in [9.17, 15) is 4.79 Å². The normalized spacial score (nSPS) is 10.0. The number of amides is 1. The van der Waals surface area contributed by atoms with Crippen LogP contribution in [0.5, 0.6) is 0 Å². The van der Waals surface area contributed by atoms with Gasteiger partial charge in [-0.3, -0.25) is 4.79 Å². The summed E-state index contributed by atoms with van der Waals surface area (Å²) in [7, 11) is 0. The van der Waals surface area contributed by atoms with E-state index in [0.717, 1.165) is 18.4 Å². The van der Waals surface area contributed by atoms with Crippen molar-refractivity contribution in [1.82, 2.24) is 15.5 Å². The van der Waals surface area contributed by atoms with Gasteiger partial charge in [-0.1, -0.05) is 42.5 Å². The lowest BCUT2D eigenvalue weighted by atomic mass is 10.1. The van der Waals surface area contributed by atoms with E-state index in [0.29, 0.717) is 12.1 Å². The number of rotatable bonds is 6. The number of aromatic nitrogens is 2. The maximum Gasteiger partial charge on any atom is 0.253 e. The molecular formula is C16H17N3O. The average molecular weight is 267 g/mol. The molecule has 4 heteroatoms. The number of benzene rings is 1. The molecular weight excluding hydrogens is 250 g/mol. The van der Waals surface area contributed by atoms with Crippen molar-refractivity contribution < 1.29 is 4.79 Å². The first-order valence-corrected chi connectivity index (χ1v) is 6.51. The molecule has 1 N–H and O–H groups in total. The molecule has 0 aliphatic heterocycles. The van der Waals surface area contributed by atoms with Crippen molar-refractivity contribution in [2.45, 2.75) is 12.8 Å². The smallest absolute Gasteiger partial charge is 0.253 e. The first-order valence-electron chi connectivity index (χ1n) is 6.51. The third kappa shape index (κ3) is 4.31. The summed E-state index contributed by atoms with van der Waals surface area (Å²) in [6.07, 6.45) is 4.74. The fraction of sp³-hybridized carbons (Fsp3) is 0.188. The average Bonchev–Trinajstić information content (AvgIpc) is 2.52. The van der Waals surface area contributed by atoms with Crippen LogP contribution in [0.4, 0.5) is 0 Å². The molecule has 1 amide bonds. The highest BCUT2D eigenvalue weighted by atomic mass is 16.1. The zero-order valence-corrected chi connectivity index (χ0v) is 11.2. The Kier molecular flexibility index (Phi) is 5.00. The first-order chi connectivity index (χ1) is 9.75. The molecule has 0 atom stereocenters. The van der Waals surface area contributed by atoms with Gasteiger partial charge in [-0.2, -0.15) is 10.2 Å². The summed E-state index contributed by atoms with van der Waals surface area (Å²) in [4.78, 5) is 11.8. The molecule has 1 heterocycles. The van der Waals surface area contributed by atoms with Gasteiger partial charge in [0.25, 0.3) is 5.91 Å². The van der Waals surface area contributed by atoms with E-state index in [-0.39, 0.29) is 5.91 Å². The van der Waals surface area contributed by atoms with Crippen molar-refractivity contribution in [3.8, 4) is 0 Å². The molecule has 0 aliphatic carbocycles. The molecule has 102 valence electrons. The fourth-order valence-corrected chi connectivity index (χ4v) is 1.79. The van der Waals surface area contributed by atoms with Gasteiger partial charge in [0.05, 0.1) is 18.0 Å². The molecule has 0 saturated heterocycles. The summed E-state index contributed by atoms with van der Waals surface area (Å²) >= 11 is 0. The maximum atomic E-state index is 11.8. The molecule has 0 bridgehead atoms. The topological polar surface area (TPSA) is 54.9 Å². The molecule has 20 heavy (non-hydrogen) atoms. The molecule has 2 rings (SSSR count). The van der Waals surface area contributed by atoms with Crippen LogP contribution in [-0.4, -0.2) is 22.6 Å². The predicted molar refractivity (Wildman–Crippen MR) is 78.3 cm³/mol. The number of carbonyl (C=O) groups excluding carboxylic acids is 1. The van der Waals surface area contributed by atoms with Crippen LogP contribution in [0.3, 0.4) is 0 Å². The summed E-state index contributed by atoms with van der Waals surface area (Å²) in [5.41, 5.74) is 2.79. The van der Waals surface area contributed by atoms with Gasteiger partial charge >= 0.3 is 0 Å². The number of aryl methyl sites for hydroxylation is 1. The Bertz CT molecular complexity index is 567. The molecule has 1 aromatic carbocycles. The lowest BCUT2D eigenvalue weighted by Gasteiger charge is -2.08. The molecule has 2 aromatic rings. The number of carbonyl (C=O) groups is 1. The second kappa shape index (κ2) is 7.19. The highest BCUT2D eigenvalue weighted by Gasteiger charge is 2.05. The minimum absolute atomic E-state index is 0.152. The van der Waals surface area contributed by atoms with Crippen molar-refractivity contribution >= 4 is 5.91 Å². The summed E-state index contributed by atoms with van der Waals surface area (Å²) in [5.74, 6) is -0.152. The number of hydrogen-bond acceptors (Lipinski definition) is 3. The van der Waals surface area contributed by atoms with Crippen molar-refractivity contribution in [2.24, 2.45) is 0 Å². The lowest BCUT2D eigenvalue weighted by Crippen LogP contribution is -2.25. The maximum absolute atomic E-state index is 11.8. The van der Waals surface area contributed by atoms with Gasteiger partial charge in [-0.25, -0.2) is 0 Å². The standard InChI is InChI=1S/C16H17N3O/c1-13(7-8-14-5-3-2-4-6-14)11-17-16(20)15-9-10-18-19-12-15/h2-6,9-10,12H,1,7-8,11H2,(H,17,20). The second-order valence-corrected chi connectivity index (χ2v) is 4.55. The molecule has 0 fully saturated rings. The van der Waals surface area contributed by atoms with Crippen LogP contribution >= 0.6 is 0 Å². The van der Waals surface area contributed by atoms with Gasteiger partial charge < -0.3 is 5.32 Å². The van der Waals surface area contributed by atoms with Gasteiger partial charge in [0.15, 0.2) is 0 Å². The number of nitrogens with zero attached hydrogens (tertiary/aromatic N) is 2. The highest BCUT2D eigenvalue weighted by molar-refractivity contribution is 5.93.